The molecule has 1 unspecified atom stereocenters. The lowest BCUT2D eigenvalue weighted by Gasteiger charge is -2.23. The summed E-state index contributed by atoms with van der Waals surface area (Å²) in [6.07, 6.45) is 7.12. The molecule has 8 nitrogen and oxygen atoms in total. The Kier molecular flexibility index (Phi) is 6.04. The highest BCUT2D eigenvalue weighted by Gasteiger charge is 2.19. The van der Waals surface area contributed by atoms with Crippen LogP contribution in [-0.2, 0) is 13.1 Å². The molecule has 0 aliphatic carbocycles. The van der Waals surface area contributed by atoms with Crippen LogP contribution in [0.2, 0.25) is 0 Å². The number of carbonyl (C=O) groups excluding carboxylic acids is 1. The molecule has 2 aromatic heterocycles. The lowest BCUT2D eigenvalue weighted by atomic mass is 9.99. The Hall–Kier alpha value is -3.26. The van der Waals surface area contributed by atoms with Gasteiger partial charge in [0.25, 0.3) is 11.5 Å². The fraction of sp³-hybridized carbons (Fsp3) is 0.364. The normalized spacial score (nSPS) is 16.4. The van der Waals surface area contributed by atoms with Crippen LogP contribution in [0.15, 0.2) is 54.0 Å². The van der Waals surface area contributed by atoms with Gasteiger partial charge in [0.15, 0.2) is 0 Å². The molecule has 1 atom stereocenters. The summed E-state index contributed by atoms with van der Waals surface area (Å²) in [5.41, 5.74) is 2.52. The molecule has 1 aromatic carbocycles. The minimum absolute atomic E-state index is 0.223. The second-order valence-corrected chi connectivity index (χ2v) is 7.73. The van der Waals surface area contributed by atoms with Crippen LogP contribution in [0, 0.1) is 12.8 Å². The average Bonchev–Trinajstić information content (AvgIpc) is 3.30. The number of benzene rings is 1. The first kappa shape index (κ1) is 20.0. The quantitative estimate of drug-likeness (QED) is 0.649. The fourth-order valence-corrected chi connectivity index (χ4v) is 3.82. The summed E-state index contributed by atoms with van der Waals surface area (Å²) in [7, 11) is 0. The van der Waals surface area contributed by atoms with Crippen molar-refractivity contribution in [1.82, 2.24) is 30.0 Å². The number of piperidine rings is 1. The first-order chi connectivity index (χ1) is 14.6. The van der Waals surface area contributed by atoms with Crippen LogP contribution >= 0.6 is 0 Å². The second-order valence-electron chi connectivity index (χ2n) is 7.73. The third-order valence-electron chi connectivity index (χ3n) is 5.53. The maximum absolute atomic E-state index is 13.0. The van der Waals surface area contributed by atoms with Crippen molar-refractivity contribution in [2.75, 3.05) is 13.1 Å². The van der Waals surface area contributed by atoms with Gasteiger partial charge in [-0.2, -0.15) is 5.10 Å². The Bertz CT molecular complexity index is 1050. The zero-order valence-corrected chi connectivity index (χ0v) is 17.0. The van der Waals surface area contributed by atoms with E-state index in [9.17, 15) is 9.59 Å². The molecule has 0 spiro atoms. The summed E-state index contributed by atoms with van der Waals surface area (Å²) in [5.74, 6) is 0.0764. The SMILES string of the molecule is Cc1ccn(CC2CCCNC2)c(=O)c1C(=O)NCc1ccc(-n2cncn2)cc1. The lowest BCUT2D eigenvalue weighted by molar-refractivity contribution is 0.0948. The minimum Gasteiger partial charge on any atom is -0.348 e. The van der Waals surface area contributed by atoms with Crippen molar-refractivity contribution in [3.63, 3.8) is 0 Å². The highest BCUT2D eigenvalue weighted by Crippen LogP contribution is 2.13. The second kappa shape index (κ2) is 9.04. The van der Waals surface area contributed by atoms with Gasteiger partial charge in [-0.15, -0.1) is 0 Å². The van der Waals surface area contributed by atoms with Crippen LogP contribution in [0.3, 0.4) is 0 Å². The van der Waals surface area contributed by atoms with Crippen molar-refractivity contribution in [2.24, 2.45) is 5.92 Å². The van der Waals surface area contributed by atoms with Gasteiger partial charge in [-0.3, -0.25) is 9.59 Å². The molecular formula is C22H26N6O2. The van der Waals surface area contributed by atoms with Crippen LogP contribution < -0.4 is 16.2 Å². The number of carbonyl (C=O) groups is 1. The van der Waals surface area contributed by atoms with Gasteiger partial charge in [-0.25, -0.2) is 9.67 Å². The van der Waals surface area contributed by atoms with E-state index in [1.54, 1.807) is 28.7 Å². The van der Waals surface area contributed by atoms with Crippen LogP contribution in [0.1, 0.15) is 34.3 Å². The van der Waals surface area contributed by atoms with Gasteiger partial charge in [0.2, 0.25) is 0 Å². The molecule has 0 bridgehead atoms. The largest absolute Gasteiger partial charge is 0.348 e. The number of rotatable bonds is 6. The fourth-order valence-electron chi connectivity index (χ4n) is 3.82. The number of aromatic nitrogens is 4. The van der Waals surface area contributed by atoms with E-state index < -0.39 is 0 Å². The van der Waals surface area contributed by atoms with Crippen molar-refractivity contribution in [1.29, 1.82) is 0 Å². The first-order valence-electron chi connectivity index (χ1n) is 10.2. The molecule has 3 heterocycles. The van der Waals surface area contributed by atoms with E-state index in [1.807, 2.05) is 30.3 Å². The van der Waals surface area contributed by atoms with E-state index in [4.69, 9.17) is 0 Å². The highest BCUT2D eigenvalue weighted by atomic mass is 16.2. The summed E-state index contributed by atoms with van der Waals surface area (Å²) in [6.45, 7) is 4.72. The van der Waals surface area contributed by atoms with Gasteiger partial charge in [-0.1, -0.05) is 12.1 Å². The number of pyridine rings is 1. The third-order valence-corrected chi connectivity index (χ3v) is 5.53. The maximum atomic E-state index is 13.0. The first-order valence-corrected chi connectivity index (χ1v) is 10.2. The van der Waals surface area contributed by atoms with Gasteiger partial charge >= 0.3 is 0 Å². The van der Waals surface area contributed by atoms with Gasteiger partial charge in [0.05, 0.1) is 5.69 Å². The minimum atomic E-state index is -0.339. The number of hydrogen-bond acceptors (Lipinski definition) is 5. The topological polar surface area (TPSA) is 93.8 Å². The van der Waals surface area contributed by atoms with E-state index in [0.717, 1.165) is 37.2 Å². The Morgan fingerprint density at radius 2 is 2.10 bits per heavy atom. The Balaban J connectivity index is 1.43. The van der Waals surface area contributed by atoms with Crippen LogP contribution in [-0.4, -0.2) is 38.3 Å². The summed E-state index contributed by atoms with van der Waals surface area (Å²) in [5, 5.41) is 10.3. The van der Waals surface area contributed by atoms with E-state index in [-0.39, 0.29) is 17.0 Å². The van der Waals surface area contributed by atoms with Crippen molar-refractivity contribution in [3.05, 3.63) is 76.2 Å². The summed E-state index contributed by atoms with van der Waals surface area (Å²) < 4.78 is 3.34. The molecule has 0 saturated carbocycles. The van der Waals surface area contributed by atoms with Crippen LogP contribution in [0.5, 0.6) is 0 Å². The zero-order chi connectivity index (χ0) is 20.9. The molecule has 1 saturated heterocycles. The molecule has 1 aliphatic rings. The van der Waals surface area contributed by atoms with Gasteiger partial charge < -0.3 is 15.2 Å². The molecule has 156 valence electrons. The molecule has 1 aliphatic heterocycles. The van der Waals surface area contributed by atoms with E-state index >= 15 is 0 Å². The predicted octanol–water partition coefficient (Wildman–Crippen LogP) is 1.67. The number of aryl methyl sites for hydroxylation is 1. The molecule has 3 aromatic rings. The van der Waals surface area contributed by atoms with Crippen LogP contribution in [0.25, 0.3) is 5.69 Å². The van der Waals surface area contributed by atoms with Crippen molar-refractivity contribution < 1.29 is 4.79 Å². The smallest absolute Gasteiger partial charge is 0.263 e. The third kappa shape index (κ3) is 4.49. The van der Waals surface area contributed by atoms with Crippen molar-refractivity contribution in [3.8, 4) is 5.69 Å². The van der Waals surface area contributed by atoms with E-state index in [1.165, 1.54) is 6.33 Å². The average molecular weight is 406 g/mol. The summed E-state index contributed by atoms with van der Waals surface area (Å²) in [4.78, 5) is 29.7. The molecule has 1 amide bonds. The van der Waals surface area contributed by atoms with Crippen molar-refractivity contribution >= 4 is 5.91 Å². The van der Waals surface area contributed by atoms with E-state index in [2.05, 4.69) is 20.7 Å². The summed E-state index contributed by atoms with van der Waals surface area (Å²) in [6, 6.07) is 9.51. The highest BCUT2D eigenvalue weighted by molar-refractivity contribution is 5.95. The standard InChI is InChI=1S/C22H26N6O2/c1-16-8-10-27(13-18-3-2-9-23-11-18)22(30)20(16)21(29)25-12-17-4-6-19(7-5-17)28-15-24-14-26-28/h4-8,10,14-15,18,23H,2-3,9,11-13H2,1H3,(H,25,29). The molecular weight excluding hydrogens is 380 g/mol. The monoisotopic (exact) mass is 406 g/mol. The predicted molar refractivity (Wildman–Crippen MR) is 114 cm³/mol. The molecule has 1 fully saturated rings. The number of nitrogens with one attached hydrogen (secondary N) is 2. The molecule has 4 rings (SSSR count). The number of amides is 1. The van der Waals surface area contributed by atoms with Crippen molar-refractivity contribution in [2.45, 2.75) is 32.9 Å². The maximum Gasteiger partial charge on any atom is 0.263 e. The van der Waals surface area contributed by atoms with Gasteiger partial charge in [0.1, 0.15) is 18.2 Å². The lowest BCUT2D eigenvalue weighted by Crippen LogP contribution is -2.37. The van der Waals surface area contributed by atoms with Gasteiger partial charge in [0, 0.05) is 19.3 Å². The number of nitrogens with zero attached hydrogens (tertiary/aromatic N) is 4. The Labute approximate surface area is 175 Å². The molecule has 2 N–H and O–H groups in total. The Morgan fingerprint density at radius 1 is 1.27 bits per heavy atom. The summed E-state index contributed by atoms with van der Waals surface area (Å²) >= 11 is 0. The van der Waals surface area contributed by atoms with Crippen LogP contribution in [0.4, 0.5) is 0 Å². The number of hydrogen-bond donors (Lipinski definition) is 2. The van der Waals surface area contributed by atoms with E-state index in [0.29, 0.717) is 24.6 Å². The Morgan fingerprint density at radius 3 is 2.80 bits per heavy atom. The van der Waals surface area contributed by atoms with Gasteiger partial charge in [-0.05, 0) is 68.1 Å². The molecule has 30 heavy (non-hydrogen) atoms. The molecule has 8 heteroatoms. The molecule has 0 radical (unpaired) electrons. The zero-order valence-electron chi connectivity index (χ0n) is 17.0.